The number of hydrogen-bond acceptors (Lipinski definition) is 7. The molecule has 0 radical (unpaired) electrons. The minimum atomic E-state index is -0.208. The Morgan fingerprint density at radius 2 is 1.86 bits per heavy atom. The Labute approximate surface area is 227 Å². The summed E-state index contributed by atoms with van der Waals surface area (Å²) in [7, 11) is 0. The number of aromatic nitrogens is 1. The number of thioether (sulfide) groups is 1. The number of nitrogens with two attached hydrogens (primary N) is 1. The Morgan fingerprint density at radius 3 is 2.57 bits per heavy atom. The average Bonchev–Trinajstić information content (AvgIpc) is 3.79. The van der Waals surface area contributed by atoms with Crippen LogP contribution < -0.4 is 9.88 Å². The zero-order valence-electron chi connectivity index (χ0n) is 21.2. The summed E-state index contributed by atoms with van der Waals surface area (Å²) < 4.78 is 25.7. The Kier molecular flexibility index (Phi) is 9.28. The number of benzene rings is 1. The Bertz CT molecular complexity index is 1070. The molecular weight excluding hydrogens is 509 g/mol. The molecule has 37 heavy (non-hydrogen) atoms. The molecule has 1 aromatic carbocycles. The van der Waals surface area contributed by atoms with E-state index in [1.165, 1.54) is 6.07 Å². The quantitative estimate of drug-likeness (QED) is 0.294. The molecule has 3 fully saturated rings. The van der Waals surface area contributed by atoms with E-state index in [4.69, 9.17) is 19.6 Å². The van der Waals surface area contributed by atoms with Gasteiger partial charge in [0.2, 0.25) is 5.88 Å². The number of halogens is 1. The lowest BCUT2D eigenvalue weighted by molar-refractivity contribution is 0.0489. The summed E-state index contributed by atoms with van der Waals surface area (Å²) in [5.41, 5.74) is 1.69. The Morgan fingerprint density at radius 1 is 1.08 bits per heavy atom. The zero-order valence-corrected chi connectivity index (χ0v) is 22.8. The van der Waals surface area contributed by atoms with Gasteiger partial charge in [-0.3, -0.25) is 9.93 Å². The van der Waals surface area contributed by atoms with Crippen LogP contribution in [0.2, 0.25) is 0 Å². The second-order valence-electron chi connectivity index (χ2n) is 10.3. The fourth-order valence-corrected chi connectivity index (χ4v) is 6.39. The maximum Gasteiger partial charge on any atom is 0.254 e. The maximum atomic E-state index is 14.2. The molecule has 1 amide bonds. The first-order chi connectivity index (χ1) is 18.1. The number of pyridine rings is 1. The first-order valence-electron chi connectivity index (χ1n) is 13.4. The van der Waals surface area contributed by atoms with Crippen LogP contribution in [0, 0.1) is 17.7 Å². The third-order valence-corrected chi connectivity index (χ3v) is 9.20. The van der Waals surface area contributed by atoms with Gasteiger partial charge in [0.1, 0.15) is 5.82 Å². The van der Waals surface area contributed by atoms with Crippen molar-refractivity contribution in [2.75, 3.05) is 38.7 Å². The van der Waals surface area contributed by atoms with Gasteiger partial charge in [-0.1, -0.05) is 0 Å². The molecule has 6 nitrogen and oxygen atoms in total. The van der Waals surface area contributed by atoms with Gasteiger partial charge in [0.15, 0.2) is 0 Å². The van der Waals surface area contributed by atoms with E-state index in [-0.39, 0.29) is 11.7 Å². The van der Waals surface area contributed by atoms with Crippen molar-refractivity contribution in [3.63, 3.8) is 0 Å². The third kappa shape index (κ3) is 7.40. The first kappa shape index (κ1) is 26.8. The number of ether oxygens (including phenoxy) is 2. The number of carbonyl (C=O) groups is 1. The molecule has 5 rings (SSSR count). The molecule has 1 aliphatic carbocycles. The summed E-state index contributed by atoms with van der Waals surface area (Å²) in [6, 6.07) is 8.97. The number of hydrogen-bond donors (Lipinski definition) is 1. The smallest absolute Gasteiger partial charge is 0.254 e. The molecule has 0 atom stereocenters. The van der Waals surface area contributed by atoms with E-state index in [1.54, 1.807) is 11.8 Å². The van der Waals surface area contributed by atoms with E-state index in [9.17, 15) is 9.18 Å². The molecule has 2 saturated heterocycles. The van der Waals surface area contributed by atoms with Crippen LogP contribution in [-0.2, 0) is 4.74 Å². The van der Waals surface area contributed by atoms with Crippen molar-refractivity contribution in [2.45, 2.75) is 60.7 Å². The highest BCUT2D eigenvalue weighted by atomic mass is 32.2. The molecule has 0 unspecified atom stereocenters. The minimum absolute atomic E-state index is 0.0768. The minimum Gasteiger partial charge on any atom is -0.477 e. The molecule has 2 N–H and O–H groups in total. The second-order valence-corrected chi connectivity index (χ2v) is 12.2. The molecule has 3 aliphatic rings. The van der Waals surface area contributed by atoms with Crippen LogP contribution in [0.4, 0.5) is 4.39 Å². The predicted molar refractivity (Wildman–Crippen MR) is 146 cm³/mol. The van der Waals surface area contributed by atoms with E-state index in [0.29, 0.717) is 40.7 Å². The molecule has 1 aromatic heterocycles. The molecule has 9 heteroatoms. The van der Waals surface area contributed by atoms with Gasteiger partial charge in [0.05, 0.1) is 6.61 Å². The summed E-state index contributed by atoms with van der Waals surface area (Å²) >= 11 is 2.61. The van der Waals surface area contributed by atoms with Gasteiger partial charge in [0.25, 0.3) is 5.91 Å². The van der Waals surface area contributed by atoms with Crippen molar-refractivity contribution in [1.82, 2.24) is 9.88 Å². The van der Waals surface area contributed by atoms with E-state index in [1.807, 2.05) is 29.2 Å². The van der Waals surface area contributed by atoms with Crippen LogP contribution >= 0.6 is 23.7 Å². The highest BCUT2D eigenvalue weighted by molar-refractivity contribution is 7.99. The van der Waals surface area contributed by atoms with Crippen LogP contribution in [0.25, 0.3) is 0 Å². The van der Waals surface area contributed by atoms with Crippen LogP contribution in [0.3, 0.4) is 0 Å². The predicted octanol–water partition coefficient (Wildman–Crippen LogP) is 5.90. The molecule has 2 aromatic rings. The van der Waals surface area contributed by atoms with Gasteiger partial charge in [0, 0.05) is 59.3 Å². The van der Waals surface area contributed by atoms with Crippen molar-refractivity contribution in [3.05, 3.63) is 47.4 Å². The molecule has 1 saturated carbocycles. The van der Waals surface area contributed by atoms with Crippen LogP contribution in [0.1, 0.15) is 66.9 Å². The average molecular weight is 546 g/mol. The highest BCUT2D eigenvalue weighted by Crippen LogP contribution is 2.40. The van der Waals surface area contributed by atoms with Crippen molar-refractivity contribution in [2.24, 2.45) is 17.0 Å². The molecule has 0 bridgehead atoms. The SMILES string of the molecule is NSc1ccc(SCCC2CCN(C(=O)c3cc(OCC4CCOCC4)nc(C4CC4)c3)CC2)c(F)c1. The van der Waals surface area contributed by atoms with Crippen molar-refractivity contribution in [1.29, 1.82) is 0 Å². The second kappa shape index (κ2) is 12.8. The summed E-state index contributed by atoms with van der Waals surface area (Å²) in [5.74, 6) is 2.81. The molecule has 0 spiro atoms. The van der Waals surface area contributed by atoms with Crippen LogP contribution in [0.15, 0.2) is 40.1 Å². The molecule has 2 aliphatic heterocycles. The van der Waals surface area contributed by atoms with Gasteiger partial charge in [-0.15, -0.1) is 11.8 Å². The van der Waals surface area contributed by atoms with Crippen molar-refractivity contribution < 1.29 is 18.7 Å². The number of piperidine rings is 1. The third-order valence-electron chi connectivity index (χ3n) is 7.60. The molecule has 3 heterocycles. The zero-order chi connectivity index (χ0) is 25.6. The summed E-state index contributed by atoms with van der Waals surface area (Å²) in [6.07, 6.45) is 7.26. The number of carbonyl (C=O) groups excluding carboxylic acids is 1. The van der Waals surface area contributed by atoms with Crippen molar-refractivity contribution in [3.8, 4) is 5.88 Å². The van der Waals surface area contributed by atoms with E-state index < -0.39 is 0 Å². The van der Waals surface area contributed by atoms with Gasteiger partial charge >= 0.3 is 0 Å². The first-order valence-corrected chi connectivity index (χ1v) is 15.3. The number of rotatable bonds is 10. The highest BCUT2D eigenvalue weighted by Gasteiger charge is 2.29. The molecular formula is C28H36FN3O3S2. The van der Waals surface area contributed by atoms with E-state index in [2.05, 4.69) is 0 Å². The summed E-state index contributed by atoms with van der Waals surface area (Å²) in [6.45, 7) is 3.72. The number of likely N-dealkylation sites (tertiary alicyclic amines) is 1. The lowest BCUT2D eigenvalue weighted by atomic mass is 9.94. The standard InChI is InChI=1S/C28H36FN3O3S2/c29-24-17-23(37-30)3-4-26(24)36-14-9-19-5-10-32(11-6-19)28(33)22-15-25(21-1-2-21)31-27(16-22)35-18-20-7-12-34-13-8-20/h3-4,15-17,19-21H,1-2,5-14,18,30H2. The van der Waals surface area contributed by atoms with Crippen LogP contribution in [-0.4, -0.2) is 54.5 Å². The van der Waals surface area contributed by atoms with E-state index in [0.717, 1.165) is 99.5 Å². The van der Waals surface area contributed by atoms with Gasteiger partial charge < -0.3 is 14.4 Å². The topological polar surface area (TPSA) is 77.7 Å². The largest absolute Gasteiger partial charge is 0.477 e. The van der Waals surface area contributed by atoms with Gasteiger partial charge in [-0.2, -0.15) is 0 Å². The summed E-state index contributed by atoms with van der Waals surface area (Å²) in [5, 5.41) is 5.51. The fourth-order valence-electron chi connectivity index (χ4n) is 5.04. The van der Waals surface area contributed by atoms with Gasteiger partial charge in [-0.05, 0) is 98.7 Å². The number of nitrogens with zero attached hydrogens (tertiary/aromatic N) is 2. The number of amides is 1. The lowest BCUT2D eigenvalue weighted by Crippen LogP contribution is -2.38. The maximum absolute atomic E-state index is 14.2. The Hall–Kier alpha value is -1.81. The molecule has 200 valence electrons. The van der Waals surface area contributed by atoms with Crippen molar-refractivity contribution >= 4 is 29.6 Å². The Balaban J connectivity index is 1.12. The van der Waals surface area contributed by atoms with E-state index >= 15 is 0 Å². The fraction of sp³-hybridized carbons (Fsp3) is 0.571. The normalized spacial score (nSPS) is 19.2. The lowest BCUT2D eigenvalue weighted by Gasteiger charge is -2.32. The van der Waals surface area contributed by atoms with Gasteiger partial charge in [-0.25, -0.2) is 9.37 Å². The summed E-state index contributed by atoms with van der Waals surface area (Å²) in [4.78, 5) is 21.5. The monoisotopic (exact) mass is 545 g/mol. The van der Waals surface area contributed by atoms with Crippen LogP contribution in [0.5, 0.6) is 5.88 Å².